The molecule has 0 N–H and O–H groups in total. The molecule has 0 heterocycles. The van der Waals surface area contributed by atoms with Crippen LogP contribution in [0.5, 0.6) is 0 Å². The number of nitrogens with zero attached hydrogens (tertiary/aromatic N) is 1. The fourth-order valence-electron chi connectivity index (χ4n) is 4.62. The molecule has 0 aromatic heterocycles. The number of carbonyl (C=O) groups excluding carboxylic acids is 1. The maximum absolute atomic E-state index is 11.3. The molecule has 0 saturated carbocycles. The second-order valence-electron chi connectivity index (χ2n) is 9.34. The molecule has 0 aliphatic rings. The number of benzene rings is 5. The molecule has 5 aromatic rings. The van der Waals surface area contributed by atoms with Crippen molar-refractivity contribution >= 4 is 34.7 Å². The molecule has 3 heteroatoms. The minimum Gasteiger partial charge on any atom is -0.462 e. The molecule has 5 aromatic carbocycles. The molecule has 0 atom stereocenters. The van der Waals surface area contributed by atoms with Gasteiger partial charge in [0, 0.05) is 29.6 Å². The normalized spacial score (nSPS) is 11.1. The van der Waals surface area contributed by atoms with Gasteiger partial charge >= 0.3 is 5.97 Å². The maximum Gasteiger partial charge on any atom is 0.330 e. The van der Waals surface area contributed by atoms with Crippen molar-refractivity contribution in [2.24, 2.45) is 0 Å². The van der Waals surface area contributed by atoms with Crippen LogP contribution in [-0.2, 0) is 16.0 Å². The molecular weight excluding hydrogens is 490 g/mol. The minimum atomic E-state index is -0.396. The Bertz CT molecular complexity index is 1520. The Hall–Kier alpha value is -5.15. The highest BCUT2D eigenvalue weighted by molar-refractivity contribution is 5.91. The van der Waals surface area contributed by atoms with Crippen LogP contribution in [0.25, 0.3) is 11.6 Å². The van der Waals surface area contributed by atoms with E-state index in [9.17, 15) is 4.79 Å². The van der Waals surface area contributed by atoms with E-state index in [2.05, 4.69) is 139 Å². The van der Waals surface area contributed by atoms with Crippen molar-refractivity contribution < 1.29 is 9.53 Å². The first-order valence-electron chi connectivity index (χ1n) is 13.4. The first kappa shape index (κ1) is 26.5. The summed E-state index contributed by atoms with van der Waals surface area (Å²) in [5.74, 6) is -0.396. The monoisotopic (exact) mass is 521 g/mol. The third kappa shape index (κ3) is 6.64. The van der Waals surface area contributed by atoms with Crippen molar-refractivity contribution in [3.8, 4) is 0 Å². The Morgan fingerprint density at radius 1 is 0.625 bits per heavy atom. The summed E-state index contributed by atoms with van der Waals surface area (Å²) in [6, 6.07) is 48.4. The number of para-hydroxylation sites is 2. The summed E-state index contributed by atoms with van der Waals surface area (Å²) in [6.07, 6.45) is 4.08. The van der Waals surface area contributed by atoms with Crippen LogP contribution in [0.2, 0.25) is 0 Å². The van der Waals surface area contributed by atoms with Crippen molar-refractivity contribution in [2.75, 3.05) is 11.5 Å². The van der Waals surface area contributed by atoms with E-state index < -0.39 is 5.97 Å². The molecule has 0 radical (unpaired) electrons. The zero-order valence-corrected chi connectivity index (χ0v) is 22.3. The molecule has 0 bridgehead atoms. The van der Waals surface area contributed by atoms with Gasteiger partial charge in [-0.3, -0.25) is 0 Å². The second kappa shape index (κ2) is 13.1. The van der Waals surface area contributed by atoms with Crippen LogP contribution >= 0.6 is 0 Å². The van der Waals surface area contributed by atoms with Crippen molar-refractivity contribution in [1.29, 1.82) is 0 Å². The van der Waals surface area contributed by atoms with Crippen molar-refractivity contribution in [3.63, 3.8) is 0 Å². The van der Waals surface area contributed by atoms with E-state index in [4.69, 9.17) is 4.74 Å². The summed E-state index contributed by atoms with van der Waals surface area (Å²) in [6.45, 7) is 3.77. The summed E-state index contributed by atoms with van der Waals surface area (Å²) >= 11 is 0. The van der Waals surface area contributed by atoms with Crippen LogP contribution < -0.4 is 4.90 Å². The molecule has 3 nitrogen and oxygen atoms in total. The number of carbonyl (C=O) groups is 1. The molecule has 0 aliphatic heterocycles. The van der Waals surface area contributed by atoms with Gasteiger partial charge in [-0.25, -0.2) is 4.79 Å². The lowest BCUT2D eigenvalue weighted by Gasteiger charge is -2.25. The van der Waals surface area contributed by atoms with E-state index >= 15 is 0 Å². The van der Waals surface area contributed by atoms with E-state index in [0.717, 1.165) is 44.9 Å². The van der Waals surface area contributed by atoms with E-state index in [0.29, 0.717) is 13.0 Å². The third-order valence-electron chi connectivity index (χ3n) is 6.64. The predicted octanol–water partition coefficient (Wildman–Crippen LogP) is 9.02. The Kier molecular flexibility index (Phi) is 8.65. The Balaban J connectivity index is 1.44. The number of esters is 1. The fourth-order valence-corrected chi connectivity index (χ4v) is 4.62. The fraction of sp³-hybridized carbons (Fsp3) is 0.0541. The van der Waals surface area contributed by atoms with Crippen LogP contribution in [0.1, 0.15) is 22.3 Å². The van der Waals surface area contributed by atoms with Gasteiger partial charge in [0.25, 0.3) is 0 Å². The van der Waals surface area contributed by atoms with Gasteiger partial charge in [-0.15, -0.1) is 0 Å². The van der Waals surface area contributed by atoms with Gasteiger partial charge in [-0.05, 0) is 70.3 Å². The Morgan fingerprint density at radius 2 is 1.12 bits per heavy atom. The lowest BCUT2D eigenvalue weighted by molar-refractivity contribution is -0.137. The summed E-state index contributed by atoms with van der Waals surface area (Å²) < 4.78 is 5.13. The SMILES string of the molecule is C=CC(=O)OCCc1ccc(C(=Cc2ccc(N(c3ccccc3)c3ccccc3)cc2)c2ccccc2)cc1. The molecule has 0 aliphatic carbocycles. The largest absolute Gasteiger partial charge is 0.462 e. The van der Waals surface area contributed by atoms with Crippen molar-refractivity contribution in [3.05, 3.63) is 174 Å². The highest BCUT2D eigenvalue weighted by Crippen LogP contribution is 2.35. The molecule has 0 saturated heterocycles. The number of ether oxygens (including phenoxy) is 1. The quantitative estimate of drug-likeness (QED) is 0.104. The minimum absolute atomic E-state index is 0.334. The van der Waals surface area contributed by atoms with Crippen LogP contribution in [0.4, 0.5) is 17.1 Å². The summed E-state index contributed by atoms with van der Waals surface area (Å²) in [5.41, 5.74) is 8.95. The maximum atomic E-state index is 11.3. The zero-order valence-electron chi connectivity index (χ0n) is 22.3. The smallest absolute Gasteiger partial charge is 0.330 e. The Labute approximate surface area is 236 Å². The van der Waals surface area contributed by atoms with Gasteiger partial charge in [0.05, 0.1) is 6.61 Å². The number of rotatable bonds is 10. The average molecular weight is 522 g/mol. The van der Waals surface area contributed by atoms with Gasteiger partial charge in [-0.2, -0.15) is 0 Å². The second-order valence-corrected chi connectivity index (χ2v) is 9.34. The molecule has 0 amide bonds. The van der Waals surface area contributed by atoms with E-state index in [1.807, 2.05) is 18.2 Å². The standard InChI is InChI=1S/C37H31NO2/c1-2-37(39)40-27-26-29-18-22-32(23-19-29)36(31-12-6-3-7-13-31)28-30-20-24-35(25-21-30)38(33-14-8-4-9-15-33)34-16-10-5-11-17-34/h2-25,28H,1,26-27H2. The molecule has 196 valence electrons. The lowest BCUT2D eigenvalue weighted by Crippen LogP contribution is -2.09. The van der Waals surface area contributed by atoms with Gasteiger partial charge < -0.3 is 9.64 Å². The summed E-state index contributed by atoms with van der Waals surface area (Å²) in [5, 5.41) is 0. The topological polar surface area (TPSA) is 29.5 Å². The highest BCUT2D eigenvalue weighted by Gasteiger charge is 2.12. The van der Waals surface area contributed by atoms with Crippen molar-refractivity contribution in [2.45, 2.75) is 6.42 Å². The van der Waals surface area contributed by atoms with Gasteiger partial charge in [0.15, 0.2) is 0 Å². The van der Waals surface area contributed by atoms with Crippen LogP contribution in [0, 0.1) is 0 Å². The van der Waals surface area contributed by atoms with Crippen molar-refractivity contribution in [1.82, 2.24) is 0 Å². The number of hydrogen-bond acceptors (Lipinski definition) is 3. The first-order chi connectivity index (χ1) is 19.7. The van der Waals surface area contributed by atoms with Gasteiger partial charge in [0.2, 0.25) is 0 Å². The van der Waals surface area contributed by atoms with Gasteiger partial charge in [0.1, 0.15) is 0 Å². The highest BCUT2D eigenvalue weighted by atomic mass is 16.5. The zero-order chi connectivity index (χ0) is 27.6. The lowest BCUT2D eigenvalue weighted by atomic mass is 9.94. The summed E-state index contributed by atoms with van der Waals surface area (Å²) in [7, 11) is 0. The molecule has 0 unspecified atom stereocenters. The molecular formula is C37H31NO2. The average Bonchev–Trinajstić information content (AvgIpc) is 3.02. The van der Waals surface area contributed by atoms with Crippen LogP contribution in [0.3, 0.4) is 0 Å². The van der Waals surface area contributed by atoms with Gasteiger partial charge in [-0.1, -0.05) is 110 Å². The number of anilines is 3. The van der Waals surface area contributed by atoms with Crippen LogP contribution in [-0.4, -0.2) is 12.6 Å². The molecule has 0 spiro atoms. The van der Waals surface area contributed by atoms with E-state index in [1.54, 1.807) is 0 Å². The van der Waals surface area contributed by atoms with Crippen LogP contribution in [0.15, 0.2) is 152 Å². The Morgan fingerprint density at radius 3 is 1.68 bits per heavy atom. The summed E-state index contributed by atoms with van der Waals surface area (Å²) in [4.78, 5) is 13.6. The third-order valence-corrected chi connectivity index (χ3v) is 6.64. The molecule has 40 heavy (non-hydrogen) atoms. The van der Waals surface area contributed by atoms with E-state index in [1.165, 1.54) is 6.08 Å². The molecule has 0 fully saturated rings. The first-order valence-corrected chi connectivity index (χ1v) is 13.4. The van der Waals surface area contributed by atoms with E-state index in [-0.39, 0.29) is 0 Å². The predicted molar refractivity (Wildman–Crippen MR) is 166 cm³/mol. The number of hydrogen-bond donors (Lipinski definition) is 0. The molecule has 5 rings (SSSR count).